The molecule has 0 unspecified atom stereocenters. The molecule has 0 saturated carbocycles. The normalized spacial score (nSPS) is 11.5. The Kier molecular flexibility index (Phi) is 3.50. The summed E-state index contributed by atoms with van der Waals surface area (Å²) < 4.78 is 4.02. The van der Waals surface area contributed by atoms with Crippen molar-refractivity contribution < 1.29 is 0 Å². The summed E-state index contributed by atoms with van der Waals surface area (Å²) in [5.74, 6) is 0.662. The van der Waals surface area contributed by atoms with Crippen molar-refractivity contribution in [2.24, 2.45) is 0 Å². The SMILES string of the molecule is CCn1ncc2cc(-c3c(-c4cccc(C)n4)nc4ncccn34)ccc21. The fourth-order valence-electron chi connectivity index (χ4n) is 3.50. The molecule has 0 saturated heterocycles. The topological polar surface area (TPSA) is 60.9 Å². The van der Waals surface area contributed by atoms with Gasteiger partial charge in [-0.3, -0.25) is 14.1 Å². The first-order valence-electron chi connectivity index (χ1n) is 8.97. The fraction of sp³-hybridized carbons (Fsp3) is 0.143. The van der Waals surface area contributed by atoms with E-state index in [2.05, 4.69) is 40.2 Å². The van der Waals surface area contributed by atoms with Crippen LogP contribution in [0.4, 0.5) is 0 Å². The quantitative estimate of drug-likeness (QED) is 0.489. The van der Waals surface area contributed by atoms with Gasteiger partial charge in [-0.25, -0.2) is 9.97 Å². The molecule has 4 aromatic heterocycles. The van der Waals surface area contributed by atoms with Crippen LogP contribution in [0.3, 0.4) is 0 Å². The van der Waals surface area contributed by atoms with E-state index in [-0.39, 0.29) is 0 Å². The number of aryl methyl sites for hydroxylation is 2. The molecule has 0 fully saturated rings. The number of imidazole rings is 1. The zero-order valence-corrected chi connectivity index (χ0v) is 15.2. The molecular formula is C21H18N6. The summed E-state index contributed by atoms with van der Waals surface area (Å²) in [7, 11) is 0. The van der Waals surface area contributed by atoms with E-state index in [9.17, 15) is 0 Å². The van der Waals surface area contributed by atoms with Crippen LogP contribution < -0.4 is 0 Å². The third-order valence-corrected chi connectivity index (χ3v) is 4.75. The second-order valence-corrected chi connectivity index (χ2v) is 6.50. The van der Waals surface area contributed by atoms with Crippen molar-refractivity contribution in [2.75, 3.05) is 0 Å². The minimum atomic E-state index is 0.662. The van der Waals surface area contributed by atoms with Crippen molar-refractivity contribution in [3.63, 3.8) is 0 Å². The van der Waals surface area contributed by atoms with Gasteiger partial charge in [0.15, 0.2) is 0 Å². The molecule has 6 nitrogen and oxygen atoms in total. The zero-order valence-electron chi connectivity index (χ0n) is 15.2. The van der Waals surface area contributed by atoms with E-state index in [1.807, 2.05) is 52.7 Å². The lowest BCUT2D eigenvalue weighted by Crippen LogP contribution is -1.95. The van der Waals surface area contributed by atoms with Crippen LogP contribution in [0.2, 0.25) is 0 Å². The van der Waals surface area contributed by atoms with Crippen LogP contribution in [-0.4, -0.2) is 29.1 Å². The Hall–Kier alpha value is -3.54. The highest BCUT2D eigenvalue weighted by Gasteiger charge is 2.18. The third-order valence-electron chi connectivity index (χ3n) is 4.75. The number of hydrogen-bond donors (Lipinski definition) is 0. The van der Waals surface area contributed by atoms with Crippen molar-refractivity contribution >= 4 is 16.7 Å². The lowest BCUT2D eigenvalue weighted by atomic mass is 10.1. The summed E-state index contributed by atoms with van der Waals surface area (Å²) in [6.45, 7) is 4.93. The molecular weight excluding hydrogens is 336 g/mol. The molecule has 0 radical (unpaired) electrons. The summed E-state index contributed by atoms with van der Waals surface area (Å²) in [6.07, 6.45) is 5.66. The Balaban J connectivity index is 1.80. The van der Waals surface area contributed by atoms with Gasteiger partial charge in [0.1, 0.15) is 5.69 Å². The first-order valence-corrected chi connectivity index (χ1v) is 8.97. The highest BCUT2D eigenvalue weighted by Crippen LogP contribution is 2.33. The Morgan fingerprint density at radius 2 is 1.96 bits per heavy atom. The minimum absolute atomic E-state index is 0.662. The van der Waals surface area contributed by atoms with E-state index in [0.717, 1.165) is 45.8 Å². The largest absolute Gasteiger partial charge is 0.283 e. The van der Waals surface area contributed by atoms with Gasteiger partial charge >= 0.3 is 0 Å². The average Bonchev–Trinajstić information content (AvgIpc) is 3.28. The molecule has 0 N–H and O–H groups in total. The van der Waals surface area contributed by atoms with Crippen LogP contribution in [0.1, 0.15) is 12.6 Å². The molecule has 0 amide bonds. The van der Waals surface area contributed by atoms with Crippen LogP contribution in [0.25, 0.3) is 39.3 Å². The van der Waals surface area contributed by atoms with Crippen LogP contribution in [0.15, 0.2) is 61.1 Å². The monoisotopic (exact) mass is 354 g/mol. The number of benzene rings is 1. The molecule has 132 valence electrons. The molecule has 0 atom stereocenters. The first-order chi connectivity index (χ1) is 13.2. The summed E-state index contributed by atoms with van der Waals surface area (Å²) in [5.41, 5.74) is 5.82. The number of pyridine rings is 1. The average molecular weight is 354 g/mol. The zero-order chi connectivity index (χ0) is 18.4. The number of aromatic nitrogens is 6. The highest BCUT2D eigenvalue weighted by molar-refractivity contribution is 5.88. The molecule has 0 aliphatic carbocycles. The molecule has 6 heteroatoms. The number of nitrogens with zero attached hydrogens (tertiary/aromatic N) is 6. The van der Waals surface area contributed by atoms with Gasteiger partial charge in [0, 0.05) is 35.6 Å². The van der Waals surface area contributed by atoms with Crippen molar-refractivity contribution in [3.05, 3.63) is 66.7 Å². The second-order valence-electron chi connectivity index (χ2n) is 6.50. The van der Waals surface area contributed by atoms with Gasteiger partial charge in [-0.2, -0.15) is 5.10 Å². The van der Waals surface area contributed by atoms with Crippen LogP contribution >= 0.6 is 0 Å². The van der Waals surface area contributed by atoms with Gasteiger partial charge in [-0.1, -0.05) is 12.1 Å². The van der Waals surface area contributed by atoms with E-state index in [4.69, 9.17) is 4.98 Å². The van der Waals surface area contributed by atoms with Crippen LogP contribution in [0.5, 0.6) is 0 Å². The lowest BCUT2D eigenvalue weighted by Gasteiger charge is -2.07. The Bertz CT molecular complexity index is 1280. The van der Waals surface area contributed by atoms with Gasteiger partial charge in [0.05, 0.1) is 23.1 Å². The molecule has 5 aromatic rings. The van der Waals surface area contributed by atoms with Crippen LogP contribution in [0, 0.1) is 6.92 Å². The maximum Gasteiger partial charge on any atom is 0.234 e. The second kappa shape index (κ2) is 6.02. The summed E-state index contributed by atoms with van der Waals surface area (Å²) in [4.78, 5) is 13.9. The smallest absolute Gasteiger partial charge is 0.234 e. The molecule has 27 heavy (non-hydrogen) atoms. The minimum Gasteiger partial charge on any atom is -0.283 e. The number of fused-ring (bicyclic) bond motifs is 2. The van der Waals surface area contributed by atoms with Gasteiger partial charge in [-0.05, 0) is 44.2 Å². The molecule has 0 aliphatic rings. The molecule has 0 spiro atoms. The van der Waals surface area contributed by atoms with E-state index in [1.165, 1.54) is 0 Å². The lowest BCUT2D eigenvalue weighted by molar-refractivity contribution is 0.684. The maximum atomic E-state index is 4.77. The van der Waals surface area contributed by atoms with Crippen molar-refractivity contribution in [1.82, 2.24) is 29.1 Å². The van der Waals surface area contributed by atoms with Gasteiger partial charge < -0.3 is 0 Å². The standard InChI is InChI=1S/C21H18N6/c1-3-27-18-9-8-15(12-16(18)13-23-27)20-19(17-7-4-6-14(2)24-17)25-21-22-10-5-11-26(20)21/h4-13H,3H2,1-2H3. The summed E-state index contributed by atoms with van der Waals surface area (Å²) >= 11 is 0. The number of rotatable bonds is 3. The Morgan fingerprint density at radius 3 is 2.81 bits per heavy atom. The molecule has 5 rings (SSSR count). The van der Waals surface area contributed by atoms with E-state index in [0.29, 0.717) is 5.78 Å². The van der Waals surface area contributed by atoms with E-state index >= 15 is 0 Å². The molecule has 0 aliphatic heterocycles. The maximum absolute atomic E-state index is 4.77. The predicted molar refractivity (Wildman–Crippen MR) is 105 cm³/mol. The Labute approximate surface area is 156 Å². The third kappa shape index (κ3) is 2.49. The fourth-order valence-corrected chi connectivity index (χ4v) is 3.50. The molecule has 4 heterocycles. The van der Waals surface area contributed by atoms with E-state index in [1.54, 1.807) is 6.20 Å². The highest BCUT2D eigenvalue weighted by atomic mass is 15.3. The Morgan fingerprint density at radius 1 is 1.04 bits per heavy atom. The summed E-state index contributed by atoms with van der Waals surface area (Å²) in [5, 5.41) is 5.57. The van der Waals surface area contributed by atoms with Crippen molar-refractivity contribution in [3.8, 4) is 22.6 Å². The number of hydrogen-bond acceptors (Lipinski definition) is 4. The first kappa shape index (κ1) is 15.7. The summed E-state index contributed by atoms with van der Waals surface area (Å²) in [6, 6.07) is 14.3. The van der Waals surface area contributed by atoms with Crippen molar-refractivity contribution in [2.45, 2.75) is 20.4 Å². The molecule has 1 aromatic carbocycles. The van der Waals surface area contributed by atoms with E-state index < -0.39 is 0 Å². The predicted octanol–water partition coefficient (Wildman–Crippen LogP) is 4.14. The van der Waals surface area contributed by atoms with Gasteiger partial charge in [0.25, 0.3) is 0 Å². The molecule has 0 bridgehead atoms. The van der Waals surface area contributed by atoms with Crippen molar-refractivity contribution in [1.29, 1.82) is 0 Å². The van der Waals surface area contributed by atoms with Crippen LogP contribution in [-0.2, 0) is 6.54 Å². The van der Waals surface area contributed by atoms with Gasteiger partial charge in [-0.15, -0.1) is 0 Å². The van der Waals surface area contributed by atoms with Gasteiger partial charge in [0.2, 0.25) is 5.78 Å².